The number of aliphatic hydroxyl groups is 1. The summed E-state index contributed by atoms with van der Waals surface area (Å²) in [6, 6.07) is 0. The van der Waals surface area contributed by atoms with Crippen LogP contribution in [0, 0.1) is 0 Å². The van der Waals surface area contributed by atoms with Crippen molar-refractivity contribution >= 4 is 11.9 Å². The molecule has 0 aromatic carbocycles. The summed E-state index contributed by atoms with van der Waals surface area (Å²) < 4.78 is 0. The molecule has 0 unspecified atom stereocenters. The van der Waals surface area contributed by atoms with Crippen molar-refractivity contribution in [2.45, 2.75) is 18.9 Å². The van der Waals surface area contributed by atoms with Crippen LogP contribution < -0.4 is 0 Å². The molecule has 2 N–H and O–H groups in total. The van der Waals surface area contributed by atoms with Crippen LogP contribution >= 0.6 is 0 Å². The summed E-state index contributed by atoms with van der Waals surface area (Å²) in [7, 11) is 0. The summed E-state index contributed by atoms with van der Waals surface area (Å²) in [5.74, 6) is -2.15. The van der Waals surface area contributed by atoms with E-state index < -0.39 is 17.5 Å². The standard InChI is InChI=1S/C7H11NO4/c1-2-8-4-3-7(12,5(8)9)6(10)11/h12H,2-4H2,1H3,(H,10,11)/t7-/m0/s1. The molecule has 1 amide bonds. The van der Waals surface area contributed by atoms with Gasteiger partial charge in [-0.15, -0.1) is 0 Å². The molecule has 0 radical (unpaired) electrons. The summed E-state index contributed by atoms with van der Waals surface area (Å²) >= 11 is 0. The van der Waals surface area contributed by atoms with E-state index >= 15 is 0 Å². The maximum Gasteiger partial charge on any atom is 0.345 e. The largest absolute Gasteiger partial charge is 0.479 e. The number of carbonyl (C=O) groups is 2. The Bertz CT molecular complexity index is 227. The lowest BCUT2D eigenvalue weighted by Crippen LogP contribution is -2.46. The Morgan fingerprint density at radius 3 is 2.58 bits per heavy atom. The van der Waals surface area contributed by atoms with E-state index in [0.717, 1.165) is 0 Å². The van der Waals surface area contributed by atoms with E-state index in [4.69, 9.17) is 5.11 Å². The Balaban J connectivity index is 2.85. The SMILES string of the molecule is CCN1CC[C@@](O)(C(=O)O)C1=O. The van der Waals surface area contributed by atoms with E-state index in [2.05, 4.69) is 0 Å². The van der Waals surface area contributed by atoms with Crippen molar-refractivity contribution in [1.29, 1.82) is 0 Å². The highest BCUT2D eigenvalue weighted by atomic mass is 16.4. The molecule has 1 aliphatic rings. The molecule has 0 aromatic rings. The number of carbonyl (C=O) groups excluding carboxylic acids is 1. The first-order chi connectivity index (χ1) is 5.52. The number of amides is 1. The molecular weight excluding hydrogens is 162 g/mol. The van der Waals surface area contributed by atoms with Crippen LogP contribution in [0.15, 0.2) is 0 Å². The fraction of sp³-hybridized carbons (Fsp3) is 0.714. The van der Waals surface area contributed by atoms with Crippen LogP contribution in [-0.2, 0) is 9.59 Å². The highest BCUT2D eigenvalue weighted by Crippen LogP contribution is 2.22. The molecular formula is C7H11NO4. The maximum absolute atomic E-state index is 11.2. The van der Waals surface area contributed by atoms with E-state index in [0.29, 0.717) is 13.1 Å². The number of aliphatic carboxylic acids is 1. The van der Waals surface area contributed by atoms with Crippen LogP contribution in [-0.4, -0.2) is 45.7 Å². The fourth-order valence-electron chi connectivity index (χ4n) is 1.27. The third-order valence-electron chi connectivity index (χ3n) is 2.12. The average Bonchev–Trinajstić information content (AvgIpc) is 2.31. The fourth-order valence-corrected chi connectivity index (χ4v) is 1.27. The van der Waals surface area contributed by atoms with E-state index in [1.54, 1.807) is 6.92 Å². The quantitative estimate of drug-likeness (QED) is 0.528. The molecule has 1 heterocycles. The van der Waals surface area contributed by atoms with E-state index in [9.17, 15) is 14.7 Å². The second kappa shape index (κ2) is 2.75. The molecule has 1 saturated heterocycles. The molecule has 0 spiro atoms. The van der Waals surface area contributed by atoms with Crippen molar-refractivity contribution in [3.05, 3.63) is 0 Å². The molecule has 0 saturated carbocycles. The van der Waals surface area contributed by atoms with Crippen LogP contribution in [0.3, 0.4) is 0 Å². The van der Waals surface area contributed by atoms with E-state index in [1.165, 1.54) is 4.90 Å². The Kier molecular flexibility index (Phi) is 2.06. The predicted molar refractivity (Wildman–Crippen MR) is 39.5 cm³/mol. The Hall–Kier alpha value is -1.10. The molecule has 0 bridgehead atoms. The van der Waals surface area contributed by atoms with Gasteiger partial charge in [0.2, 0.25) is 5.60 Å². The average molecular weight is 173 g/mol. The lowest BCUT2D eigenvalue weighted by atomic mass is 10.0. The van der Waals surface area contributed by atoms with Gasteiger partial charge in [0.05, 0.1) is 0 Å². The molecule has 0 aromatic heterocycles. The number of likely N-dealkylation sites (tertiary alicyclic amines) is 1. The van der Waals surface area contributed by atoms with Crippen molar-refractivity contribution in [1.82, 2.24) is 4.90 Å². The zero-order valence-electron chi connectivity index (χ0n) is 6.78. The minimum Gasteiger partial charge on any atom is -0.479 e. The lowest BCUT2D eigenvalue weighted by molar-refractivity contribution is -0.165. The van der Waals surface area contributed by atoms with Gasteiger partial charge in [0, 0.05) is 19.5 Å². The normalized spacial score (nSPS) is 29.5. The van der Waals surface area contributed by atoms with Gasteiger partial charge in [0.1, 0.15) is 0 Å². The first-order valence-electron chi connectivity index (χ1n) is 3.77. The van der Waals surface area contributed by atoms with Gasteiger partial charge < -0.3 is 15.1 Å². The monoisotopic (exact) mass is 173 g/mol. The van der Waals surface area contributed by atoms with E-state index in [-0.39, 0.29) is 6.42 Å². The van der Waals surface area contributed by atoms with Gasteiger partial charge in [-0.1, -0.05) is 0 Å². The Labute approximate surface area is 69.6 Å². The molecule has 68 valence electrons. The Morgan fingerprint density at radius 2 is 2.33 bits per heavy atom. The van der Waals surface area contributed by atoms with Crippen LogP contribution in [0.1, 0.15) is 13.3 Å². The third-order valence-corrected chi connectivity index (χ3v) is 2.12. The summed E-state index contributed by atoms with van der Waals surface area (Å²) in [5.41, 5.74) is -2.17. The number of hydrogen-bond donors (Lipinski definition) is 2. The number of rotatable bonds is 2. The van der Waals surface area contributed by atoms with Gasteiger partial charge >= 0.3 is 5.97 Å². The zero-order chi connectivity index (χ0) is 9.35. The topological polar surface area (TPSA) is 77.8 Å². The highest BCUT2D eigenvalue weighted by molar-refractivity contribution is 6.06. The summed E-state index contributed by atoms with van der Waals surface area (Å²) in [6.07, 6.45) is -0.0188. The molecule has 5 heteroatoms. The smallest absolute Gasteiger partial charge is 0.345 e. The second-order valence-corrected chi connectivity index (χ2v) is 2.80. The lowest BCUT2D eigenvalue weighted by Gasteiger charge is -2.16. The first kappa shape index (κ1) is 8.99. The number of likely N-dealkylation sites (N-methyl/N-ethyl adjacent to an activating group) is 1. The van der Waals surface area contributed by atoms with Crippen molar-refractivity contribution in [3.63, 3.8) is 0 Å². The van der Waals surface area contributed by atoms with Gasteiger partial charge in [-0.05, 0) is 6.92 Å². The molecule has 5 nitrogen and oxygen atoms in total. The minimum atomic E-state index is -2.17. The Morgan fingerprint density at radius 1 is 1.75 bits per heavy atom. The summed E-state index contributed by atoms with van der Waals surface area (Å²) in [4.78, 5) is 23.0. The predicted octanol–water partition coefficient (Wildman–Crippen LogP) is -0.946. The van der Waals surface area contributed by atoms with Crippen LogP contribution in [0.25, 0.3) is 0 Å². The van der Waals surface area contributed by atoms with Crippen molar-refractivity contribution in [3.8, 4) is 0 Å². The second-order valence-electron chi connectivity index (χ2n) is 2.80. The van der Waals surface area contributed by atoms with Crippen molar-refractivity contribution in [2.75, 3.05) is 13.1 Å². The van der Waals surface area contributed by atoms with Crippen molar-refractivity contribution < 1.29 is 19.8 Å². The van der Waals surface area contributed by atoms with Crippen LogP contribution in [0.4, 0.5) is 0 Å². The van der Waals surface area contributed by atoms with Crippen LogP contribution in [0.2, 0.25) is 0 Å². The zero-order valence-corrected chi connectivity index (χ0v) is 6.78. The first-order valence-corrected chi connectivity index (χ1v) is 3.77. The van der Waals surface area contributed by atoms with Crippen LogP contribution in [0.5, 0.6) is 0 Å². The van der Waals surface area contributed by atoms with Gasteiger partial charge in [-0.25, -0.2) is 4.79 Å². The molecule has 1 fully saturated rings. The van der Waals surface area contributed by atoms with Gasteiger partial charge in [-0.2, -0.15) is 0 Å². The molecule has 12 heavy (non-hydrogen) atoms. The maximum atomic E-state index is 11.2. The van der Waals surface area contributed by atoms with Gasteiger partial charge in [0.15, 0.2) is 0 Å². The summed E-state index contributed by atoms with van der Waals surface area (Å²) in [5, 5.41) is 17.9. The number of nitrogens with zero attached hydrogens (tertiary/aromatic N) is 1. The minimum absolute atomic E-state index is 0.0188. The van der Waals surface area contributed by atoms with Crippen molar-refractivity contribution in [2.24, 2.45) is 0 Å². The molecule has 1 aliphatic heterocycles. The molecule has 1 rings (SSSR count). The number of hydrogen-bond acceptors (Lipinski definition) is 3. The third kappa shape index (κ3) is 1.06. The van der Waals surface area contributed by atoms with Gasteiger partial charge in [-0.3, -0.25) is 4.79 Å². The highest BCUT2D eigenvalue weighted by Gasteiger charge is 2.51. The summed E-state index contributed by atoms with van der Waals surface area (Å²) in [6.45, 7) is 2.50. The number of carboxylic acids is 1. The molecule has 1 atom stereocenters. The number of carboxylic acid groups (broad SMARTS) is 1. The van der Waals surface area contributed by atoms with Gasteiger partial charge in [0.25, 0.3) is 5.91 Å². The molecule has 0 aliphatic carbocycles. The van der Waals surface area contributed by atoms with E-state index in [1.807, 2.05) is 0 Å².